The summed E-state index contributed by atoms with van der Waals surface area (Å²) in [5.41, 5.74) is -33.4. The lowest BCUT2D eigenvalue weighted by atomic mass is 9.12. The van der Waals surface area contributed by atoms with E-state index in [-0.39, 0.29) is 18.2 Å². The lowest BCUT2D eigenvalue weighted by Gasteiger charge is -2.46. The van der Waals surface area contributed by atoms with Crippen molar-refractivity contribution in [3.05, 3.63) is 147 Å². The van der Waals surface area contributed by atoms with Gasteiger partial charge in [0.05, 0.1) is 55.6 Å². The molecule has 0 saturated carbocycles. The van der Waals surface area contributed by atoms with Crippen molar-refractivity contribution in [1.82, 2.24) is 0 Å². The highest BCUT2D eigenvalue weighted by Crippen LogP contribution is 2.43. The third-order valence-electron chi connectivity index (χ3n) is 10.2. The Morgan fingerprint density at radius 3 is 0.493 bits per heavy atom. The molecule has 75 heavy (non-hydrogen) atoms. The maximum atomic E-state index is 14.2. The molecule has 0 fully saturated rings. The van der Waals surface area contributed by atoms with Crippen molar-refractivity contribution in [3.63, 3.8) is 0 Å². The van der Waals surface area contributed by atoms with E-state index in [2.05, 4.69) is 4.65 Å². The fourth-order valence-corrected chi connectivity index (χ4v) is 7.19. The second kappa shape index (κ2) is 19.8. The summed E-state index contributed by atoms with van der Waals surface area (Å²) in [6.45, 7) is 0. The predicted octanol–water partition coefficient (Wildman–Crippen LogP) is 13.3. The molecule has 412 valence electrons. The molecule has 0 aliphatic heterocycles. The van der Waals surface area contributed by atoms with Crippen LogP contribution < -0.4 is 26.5 Å². The van der Waals surface area contributed by atoms with Crippen molar-refractivity contribution in [2.75, 3.05) is 0 Å². The van der Waals surface area contributed by atoms with Crippen molar-refractivity contribution < 1.29 is 146 Å². The molecule has 0 aromatic heterocycles. The van der Waals surface area contributed by atoms with Gasteiger partial charge in [-0.05, 0) is 42.5 Å². The van der Waals surface area contributed by atoms with E-state index < -0.39 is 231 Å². The number of hydrogen-bond acceptors (Lipinski definition) is 3. The molecule has 0 saturated heterocycles. The van der Waals surface area contributed by atoms with Crippen LogP contribution in [0, 0.1) is 0 Å². The molecule has 0 unspecified atom stereocenters. The highest BCUT2D eigenvalue weighted by atomic mass is 19.4. The van der Waals surface area contributed by atoms with Crippen LogP contribution in [0.25, 0.3) is 0 Å². The molecule has 0 bridgehead atoms. The molecule has 0 amide bonds. The Bertz CT molecular complexity index is 2390. The van der Waals surface area contributed by atoms with E-state index in [1.54, 1.807) is 0 Å². The van der Waals surface area contributed by atoms with Crippen LogP contribution in [0.4, 0.5) is 132 Å². The fraction of sp³-hybridized carbons (Fsp3) is 0.250. The summed E-state index contributed by atoms with van der Waals surface area (Å²) >= 11 is 0. The second-order valence-electron chi connectivity index (χ2n) is 15.4. The summed E-state index contributed by atoms with van der Waals surface area (Å²) in [7, 11) is -2.52. The van der Waals surface area contributed by atoms with Crippen molar-refractivity contribution in [1.29, 1.82) is 0 Å². The zero-order valence-corrected chi connectivity index (χ0v) is 35.0. The van der Waals surface area contributed by atoms with Crippen LogP contribution in [-0.2, 0) is 61.8 Å². The average Bonchev–Trinajstić information content (AvgIpc) is 3.20. The molecule has 5 aromatic rings. The van der Waals surface area contributed by atoms with Crippen LogP contribution in [0.15, 0.2) is 91.0 Å². The zero-order chi connectivity index (χ0) is 58.1. The third kappa shape index (κ3) is 14.6. The van der Waals surface area contributed by atoms with E-state index in [1.165, 1.54) is 0 Å². The minimum Gasteiger partial charge on any atom is -0.512 e. The maximum Gasteiger partial charge on any atom is 0.707 e. The Balaban J connectivity index is 0.000000569. The SMILES string of the molecule is FC(F)(F)c1cc([B-](c2cc(C(F)(F)F)cc(C(F)(F)F)c2)(c2cc(C(F)(F)F)cc(C(F)(F)F)c2)c2cc(C(F)(F)F)cc(C(F)(F)F)c2)cc(C(F)(F)F)c1.OB(O)Oc1cc(C(F)(F)F)cc(C(F)(F)F)c1. The normalized spacial score (nSPS) is 13.9. The highest BCUT2D eigenvalue weighted by Gasteiger charge is 2.47. The maximum absolute atomic E-state index is 14.2. The Kier molecular flexibility index (Phi) is 16.2. The summed E-state index contributed by atoms with van der Waals surface area (Å²) in [5, 5.41) is 16.7. The van der Waals surface area contributed by atoms with Gasteiger partial charge in [-0.15, -0.1) is 0 Å². The molecule has 3 nitrogen and oxygen atoms in total. The van der Waals surface area contributed by atoms with Gasteiger partial charge in [0.2, 0.25) is 0 Å². The fourth-order valence-electron chi connectivity index (χ4n) is 7.19. The molecular weight excluding hydrogens is 1120 g/mol. The van der Waals surface area contributed by atoms with Gasteiger partial charge in [-0.2, -0.15) is 154 Å². The van der Waals surface area contributed by atoms with Crippen molar-refractivity contribution in [3.8, 4) is 5.75 Å². The van der Waals surface area contributed by atoms with E-state index in [9.17, 15) is 132 Å². The van der Waals surface area contributed by atoms with E-state index in [1.807, 2.05) is 0 Å². The Morgan fingerprint density at radius 2 is 0.373 bits per heavy atom. The summed E-state index contributed by atoms with van der Waals surface area (Å²) in [6, 6.07) is -8.45. The van der Waals surface area contributed by atoms with Gasteiger partial charge < -0.3 is 14.7 Å². The highest BCUT2D eigenvalue weighted by molar-refractivity contribution is 7.20. The largest absolute Gasteiger partial charge is 0.707 e. The van der Waals surface area contributed by atoms with E-state index in [0.717, 1.165) is 0 Å². The van der Waals surface area contributed by atoms with Gasteiger partial charge in [0.25, 0.3) is 0 Å². The van der Waals surface area contributed by atoms with Gasteiger partial charge in [-0.3, -0.25) is 0 Å². The average molecular weight is 1140 g/mol. The third-order valence-corrected chi connectivity index (χ3v) is 10.2. The zero-order valence-electron chi connectivity index (χ0n) is 35.0. The van der Waals surface area contributed by atoms with Crippen LogP contribution >= 0.6 is 0 Å². The summed E-state index contributed by atoms with van der Waals surface area (Å²) in [5.74, 6) is -0.952. The Labute approximate surface area is 396 Å². The van der Waals surface area contributed by atoms with E-state index in [0.29, 0.717) is 0 Å². The number of alkyl halides is 30. The first-order valence-electron chi connectivity index (χ1n) is 18.9. The molecule has 5 aromatic carbocycles. The first kappa shape index (κ1) is 61.4. The van der Waals surface area contributed by atoms with Crippen LogP contribution in [0.1, 0.15) is 55.6 Å². The van der Waals surface area contributed by atoms with Crippen LogP contribution in [0.2, 0.25) is 0 Å². The monoisotopic (exact) mass is 1140 g/mol. The van der Waals surface area contributed by atoms with Gasteiger partial charge in [0, 0.05) is 0 Å². The van der Waals surface area contributed by atoms with Crippen molar-refractivity contribution in [2.45, 2.75) is 61.8 Å². The molecule has 0 radical (unpaired) electrons. The van der Waals surface area contributed by atoms with Crippen LogP contribution in [0.5, 0.6) is 5.75 Å². The van der Waals surface area contributed by atoms with Crippen molar-refractivity contribution >= 4 is 35.3 Å². The minimum absolute atomic E-state index is 0.101. The number of halogens is 30. The van der Waals surface area contributed by atoms with E-state index in [4.69, 9.17) is 10.0 Å². The van der Waals surface area contributed by atoms with Crippen molar-refractivity contribution in [2.24, 2.45) is 0 Å². The lowest BCUT2D eigenvalue weighted by Crippen LogP contribution is -2.75. The molecular formula is C40H17B2F30O3-. The molecule has 0 aliphatic rings. The molecule has 35 heteroatoms. The molecule has 0 heterocycles. The molecule has 0 atom stereocenters. The first-order valence-corrected chi connectivity index (χ1v) is 18.9. The quantitative estimate of drug-likeness (QED) is 0.132. The van der Waals surface area contributed by atoms with Gasteiger partial charge in [0.15, 0.2) is 0 Å². The first-order chi connectivity index (χ1) is 33.3. The Hall–Kier alpha value is -6.15. The molecule has 0 aliphatic carbocycles. The molecule has 2 N–H and O–H groups in total. The topological polar surface area (TPSA) is 49.7 Å². The lowest BCUT2D eigenvalue weighted by molar-refractivity contribution is -0.144. The summed E-state index contributed by atoms with van der Waals surface area (Å²) in [6.07, 6.45) is -64.8. The number of rotatable bonds is 6. The standard InChI is InChI=1S/C32H12BF24.C8H5BF6O3/c34-25(35,36)13-1-14(26(37,38)39)6-21(5-13)33(22-7-15(27(40,41)42)2-16(8-22)28(43,44)45,23-9-17(29(46,47)48)3-18(10-23)30(49,50)51)24-11-19(31(52,53)54)4-20(12-24)32(55,56)57;10-7(11,12)4-1-5(8(13,14)15)3-6(2-4)18-9(16)17/h1-12H;1-3,16-17H/q-1;. The van der Waals surface area contributed by atoms with Crippen LogP contribution in [-0.4, -0.2) is 23.5 Å². The van der Waals surface area contributed by atoms with Gasteiger partial charge >= 0.3 is 69.1 Å². The molecule has 5 rings (SSSR count). The van der Waals surface area contributed by atoms with Gasteiger partial charge in [-0.1, -0.05) is 48.5 Å². The van der Waals surface area contributed by atoms with Gasteiger partial charge in [-0.25, -0.2) is 0 Å². The van der Waals surface area contributed by atoms with Crippen LogP contribution in [0.3, 0.4) is 0 Å². The summed E-state index contributed by atoms with van der Waals surface area (Å²) < 4.78 is 419. The Morgan fingerprint density at radius 1 is 0.240 bits per heavy atom. The minimum atomic E-state index is -6.13. The smallest absolute Gasteiger partial charge is 0.512 e. The van der Waals surface area contributed by atoms with Gasteiger partial charge in [0.1, 0.15) is 11.9 Å². The summed E-state index contributed by atoms with van der Waals surface area (Å²) in [4.78, 5) is 0. The number of benzene rings is 5. The predicted molar refractivity (Wildman–Crippen MR) is 197 cm³/mol. The second-order valence-corrected chi connectivity index (χ2v) is 15.4. The number of hydrogen-bond donors (Lipinski definition) is 2. The van der Waals surface area contributed by atoms with E-state index >= 15 is 0 Å². The molecule has 0 spiro atoms.